The van der Waals surface area contributed by atoms with Crippen LogP contribution in [0.5, 0.6) is 0 Å². The zero-order valence-electron chi connectivity index (χ0n) is 18.4. The predicted molar refractivity (Wildman–Crippen MR) is 122 cm³/mol. The number of carbonyl (C=O) groups is 2. The molecule has 7 nitrogen and oxygen atoms in total. The Labute approximate surface area is 192 Å². The summed E-state index contributed by atoms with van der Waals surface area (Å²) in [5, 5.41) is 11.9. The van der Waals surface area contributed by atoms with Crippen LogP contribution in [-0.4, -0.2) is 61.2 Å². The number of nitrogens with zero attached hydrogens (tertiary/aromatic N) is 4. The lowest BCUT2D eigenvalue weighted by Gasteiger charge is -2.43. The van der Waals surface area contributed by atoms with Crippen LogP contribution in [0, 0.1) is 0 Å². The number of likely N-dealkylation sites (N-methyl/N-ethyl adjacent to an activating group) is 1. The highest BCUT2D eigenvalue weighted by molar-refractivity contribution is 5.94. The molecule has 3 amide bonds. The van der Waals surface area contributed by atoms with Gasteiger partial charge in [-0.1, -0.05) is 60.7 Å². The summed E-state index contributed by atoms with van der Waals surface area (Å²) in [6.07, 6.45) is 2.29. The Morgan fingerprint density at radius 3 is 2.12 bits per heavy atom. The summed E-state index contributed by atoms with van der Waals surface area (Å²) in [6, 6.07) is 22.2. The monoisotopic (exact) mass is 442 g/mol. The highest BCUT2D eigenvalue weighted by Crippen LogP contribution is 2.51. The maximum atomic E-state index is 13.7. The van der Waals surface area contributed by atoms with Crippen LogP contribution in [0.2, 0.25) is 0 Å². The van der Waals surface area contributed by atoms with E-state index < -0.39 is 11.8 Å². The molecule has 168 valence electrons. The third kappa shape index (κ3) is 2.85. The van der Waals surface area contributed by atoms with Crippen LogP contribution in [0.1, 0.15) is 34.1 Å². The van der Waals surface area contributed by atoms with Crippen molar-refractivity contribution >= 4 is 11.9 Å². The van der Waals surface area contributed by atoms with Crippen molar-refractivity contribution in [3.63, 3.8) is 0 Å². The van der Waals surface area contributed by atoms with E-state index in [4.69, 9.17) is 0 Å². The van der Waals surface area contributed by atoms with E-state index in [-0.39, 0.29) is 24.0 Å². The minimum absolute atomic E-state index is 0.0731. The van der Waals surface area contributed by atoms with Crippen LogP contribution in [0.4, 0.5) is 4.79 Å². The van der Waals surface area contributed by atoms with Gasteiger partial charge in [0.05, 0.1) is 12.1 Å². The molecule has 2 aliphatic heterocycles. The van der Waals surface area contributed by atoms with Crippen molar-refractivity contribution in [1.29, 1.82) is 0 Å². The molecule has 0 spiro atoms. The van der Waals surface area contributed by atoms with Crippen LogP contribution in [0.25, 0.3) is 0 Å². The Morgan fingerprint density at radius 2 is 1.48 bits per heavy atom. The second-order valence-corrected chi connectivity index (χ2v) is 9.26. The molecule has 2 aromatic carbocycles. The molecule has 1 saturated carbocycles. The second-order valence-electron chi connectivity index (χ2n) is 9.26. The fourth-order valence-corrected chi connectivity index (χ4v) is 5.97. The van der Waals surface area contributed by atoms with E-state index in [0.717, 1.165) is 11.1 Å². The molecular formula is C26H26N4O3. The molecule has 0 unspecified atom stereocenters. The number of aromatic nitrogens is 1. The zero-order valence-corrected chi connectivity index (χ0v) is 18.4. The molecule has 3 aromatic rings. The molecule has 2 fully saturated rings. The minimum Gasteiger partial charge on any atom is -0.368 e. The van der Waals surface area contributed by atoms with Crippen LogP contribution >= 0.6 is 0 Å². The van der Waals surface area contributed by atoms with E-state index in [2.05, 4.69) is 0 Å². The average molecular weight is 443 g/mol. The topological polar surface area (TPSA) is 69.0 Å². The van der Waals surface area contributed by atoms with Gasteiger partial charge in [-0.05, 0) is 23.3 Å². The van der Waals surface area contributed by atoms with Crippen molar-refractivity contribution in [3.05, 3.63) is 95.8 Å². The van der Waals surface area contributed by atoms with E-state index in [1.807, 2.05) is 88.5 Å². The number of aliphatic hydroxyl groups is 1. The Kier molecular flexibility index (Phi) is 4.39. The lowest BCUT2D eigenvalue weighted by Crippen LogP contribution is -2.58. The number of rotatable bonds is 4. The molecule has 0 bridgehead atoms. The molecule has 33 heavy (non-hydrogen) atoms. The maximum Gasteiger partial charge on any atom is 0.322 e. The van der Waals surface area contributed by atoms with Crippen molar-refractivity contribution < 1.29 is 14.7 Å². The first-order chi connectivity index (χ1) is 16.0. The standard InChI is InChI=1S/C26H26N4O3/c1-27-25(32)30(17-19-11-6-3-7-12-19)23-22-21(15-26(23,27)33)28-14-8-13-20(28)24(31)29(22)16-18-9-4-2-5-10-18/h2-14,21-23,33H,15-17H2,1H3/t21-,22-,23+,26+/m1/s1. The lowest BCUT2D eigenvalue weighted by atomic mass is 9.99. The summed E-state index contributed by atoms with van der Waals surface area (Å²) < 4.78 is 1.99. The highest BCUT2D eigenvalue weighted by atomic mass is 16.3. The molecule has 1 saturated heterocycles. The van der Waals surface area contributed by atoms with Crippen molar-refractivity contribution in [2.75, 3.05) is 7.05 Å². The fourth-order valence-electron chi connectivity index (χ4n) is 5.97. The summed E-state index contributed by atoms with van der Waals surface area (Å²) in [5.74, 6) is -0.0731. The van der Waals surface area contributed by atoms with E-state index in [1.165, 1.54) is 4.90 Å². The number of fused-ring (bicyclic) bond motifs is 5. The van der Waals surface area contributed by atoms with E-state index in [0.29, 0.717) is 25.2 Å². The number of amides is 3. The van der Waals surface area contributed by atoms with Gasteiger partial charge in [-0.15, -0.1) is 0 Å². The first-order valence-corrected chi connectivity index (χ1v) is 11.3. The van der Waals surface area contributed by atoms with Crippen molar-refractivity contribution in [2.24, 2.45) is 0 Å². The molecule has 3 aliphatic rings. The Morgan fingerprint density at radius 1 is 0.879 bits per heavy atom. The Hall–Kier alpha value is -3.58. The third-order valence-electron chi connectivity index (χ3n) is 7.52. The molecule has 4 atom stereocenters. The molecule has 1 N–H and O–H groups in total. The van der Waals surface area contributed by atoms with Crippen LogP contribution in [0.3, 0.4) is 0 Å². The van der Waals surface area contributed by atoms with Crippen LogP contribution < -0.4 is 0 Å². The largest absolute Gasteiger partial charge is 0.368 e. The molecule has 7 heteroatoms. The summed E-state index contributed by atoms with van der Waals surface area (Å²) in [7, 11) is 1.66. The predicted octanol–water partition coefficient (Wildman–Crippen LogP) is 3.08. The Bertz CT molecular complexity index is 1210. The summed E-state index contributed by atoms with van der Waals surface area (Å²) >= 11 is 0. The fraction of sp³-hybridized carbons (Fsp3) is 0.308. The quantitative estimate of drug-likeness (QED) is 0.675. The van der Waals surface area contributed by atoms with Gasteiger partial charge in [0.1, 0.15) is 11.7 Å². The summed E-state index contributed by atoms with van der Waals surface area (Å²) in [6.45, 7) is 0.807. The minimum atomic E-state index is -1.36. The van der Waals surface area contributed by atoms with Gasteiger partial charge >= 0.3 is 6.03 Å². The van der Waals surface area contributed by atoms with Gasteiger partial charge in [-0.2, -0.15) is 0 Å². The summed E-state index contributed by atoms with van der Waals surface area (Å²) in [4.78, 5) is 32.1. The highest BCUT2D eigenvalue weighted by Gasteiger charge is 2.67. The molecule has 3 heterocycles. The van der Waals surface area contributed by atoms with Crippen LogP contribution in [0.15, 0.2) is 79.0 Å². The van der Waals surface area contributed by atoms with E-state index >= 15 is 0 Å². The maximum absolute atomic E-state index is 13.7. The van der Waals surface area contributed by atoms with Gasteiger partial charge in [-0.3, -0.25) is 9.69 Å². The van der Waals surface area contributed by atoms with Crippen molar-refractivity contribution in [2.45, 2.75) is 43.4 Å². The zero-order chi connectivity index (χ0) is 22.7. The average Bonchev–Trinajstić information content (AvgIpc) is 3.48. The lowest BCUT2D eigenvalue weighted by molar-refractivity contribution is -0.0688. The van der Waals surface area contributed by atoms with Gasteiger partial charge in [0.2, 0.25) is 0 Å². The van der Waals surface area contributed by atoms with Gasteiger partial charge in [0.15, 0.2) is 5.72 Å². The second kappa shape index (κ2) is 7.22. The number of urea groups is 1. The number of benzene rings is 2. The smallest absolute Gasteiger partial charge is 0.322 e. The molecule has 6 rings (SSSR count). The number of carbonyl (C=O) groups excluding carboxylic acids is 2. The van der Waals surface area contributed by atoms with E-state index in [9.17, 15) is 14.7 Å². The molecular weight excluding hydrogens is 416 g/mol. The molecule has 0 radical (unpaired) electrons. The normalized spacial score (nSPS) is 28.2. The molecule has 1 aliphatic carbocycles. The number of hydrogen-bond acceptors (Lipinski definition) is 3. The molecule has 1 aromatic heterocycles. The van der Waals surface area contributed by atoms with Gasteiger partial charge in [-0.25, -0.2) is 4.79 Å². The van der Waals surface area contributed by atoms with Gasteiger partial charge in [0.25, 0.3) is 5.91 Å². The third-order valence-corrected chi connectivity index (χ3v) is 7.52. The van der Waals surface area contributed by atoms with E-state index in [1.54, 1.807) is 11.9 Å². The van der Waals surface area contributed by atoms with Gasteiger partial charge in [0, 0.05) is 32.8 Å². The first kappa shape index (κ1) is 20.1. The number of hydrogen-bond donors (Lipinski definition) is 1. The Balaban J connectivity index is 1.46. The first-order valence-electron chi connectivity index (χ1n) is 11.3. The van der Waals surface area contributed by atoms with Crippen molar-refractivity contribution in [3.8, 4) is 0 Å². The summed E-state index contributed by atoms with van der Waals surface area (Å²) in [5.41, 5.74) is 1.28. The van der Waals surface area contributed by atoms with Crippen LogP contribution in [-0.2, 0) is 13.1 Å². The van der Waals surface area contributed by atoms with Gasteiger partial charge < -0.3 is 19.5 Å². The SMILES string of the molecule is CN1C(=O)N(Cc2ccccc2)[C@H]2[C@H]3[C@@H](C[C@]21O)n1cccc1C(=O)N3Cc1ccccc1. The van der Waals surface area contributed by atoms with Crippen molar-refractivity contribution in [1.82, 2.24) is 19.3 Å².